The highest BCUT2D eigenvalue weighted by atomic mass is 32.1. The fraction of sp³-hybridized carbons (Fsp3) is 0.714. The van der Waals surface area contributed by atoms with Crippen LogP contribution in [-0.4, -0.2) is 10.9 Å². The maximum absolute atomic E-state index is 11.8. The molecule has 100 valence electrons. The van der Waals surface area contributed by atoms with Crippen LogP contribution in [0, 0.1) is 5.92 Å². The minimum atomic E-state index is 0.123. The van der Waals surface area contributed by atoms with E-state index in [-0.39, 0.29) is 5.91 Å². The van der Waals surface area contributed by atoms with Crippen molar-refractivity contribution in [3.8, 4) is 0 Å². The molecule has 1 saturated carbocycles. The Morgan fingerprint density at radius 3 is 2.89 bits per heavy atom. The number of anilines is 1. The third kappa shape index (κ3) is 4.09. The fourth-order valence-electron chi connectivity index (χ4n) is 2.52. The molecule has 0 saturated heterocycles. The highest BCUT2D eigenvalue weighted by Crippen LogP contribution is 2.27. The van der Waals surface area contributed by atoms with Gasteiger partial charge in [-0.3, -0.25) is 4.79 Å². The quantitative estimate of drug-likeness (QED) is 0.875. The van der Waals surface area contributed by atoms with E-state index in [9.17, 15) is 4.79 Å². The summed E-state index contributed by atoms with van der Waals surface area (Å²) in [5.41, 5.74) is 0. The van der Waals surface area contributed by atoms with Crippen LogP contribution in [0.4, 0.5) is 5.13 Å². The summed E-state index contributed by atoms with van der Waals surface area (Å²) in [6.45, 7) is 2.10. The first-order valence-corrected chi connectivity index (χ1v) is 7.84. The molecule has 0 unspecified atom stereocenters. The summed E-state index contributed by atoms with van der Waals surface area (Å²) in [4.78, 5) is 17.2. The largest absolute Gasteiger partial charge is 0.302 e. The zero-order valence-corrected chi connectivity index (χ0v) is 11.9. The SMILES string of the molecule is CCc1cnc(NC(=O)CCC2CCCCC2)s1. The number of nitrogens with zero attached hydrogens (tertiary/aromatic N) is 1. The van der Waals surface area contributed by atoms with Crippen LogP contribution in [0.5, 0.6) is 0 Å². The summed E-state index contributed by atoms with van der Waals surface area (Å²) in [5.74, 6) is 0.893. The Labute approximate surface area is 113 Å². The lowest BCUT2D eigenvalue weighted by atomic mass is 9.86. The van der Waals surface area contributed by atoms with Gasteiger partial charge in [0.15, 0.2) is 5.13 Å². The highest BCUT2D eigenvalue weighted by molar-refractivity contribution is 7.15. The standard InChI is InChI=1S/C14H22N2OS/c1-2-12-10-15-14(18-12)16-13(17)9-8-11-6-4-3-5-7-11/h10-11H,2-9H2,1H3,(H,15,16,17). The zero-order chi connectivity index (χ0) is 12.8. The second-order valence-corrected chi connectivity index (χ2v) is 6.19. The summed E-state index contributed by atoms with van der Waals surface area (Å²) in [6, 6.07) is 0. The second-order valence-electron chi connectivity index (χ2n) is 5.08. The first-order valence-electron chi connectivity index (χ1n) is 7.02. The van der Waals surface area contributed by atoms with E-state index in [1.165, 1.54) is 37.0 Å². The molecular formula is C14H22N2OS. The van der Waals surface area contributed by atoms with Crippen molar-refractivity contribution in [2.24, 2.45) is 5.92 Å². The zero-order valence-electron chi connectivity index (χ0n) is 11.1. The summed E-state index contributed by atoms with van der Waals surface area (Å²) in [7, 11) is 0. The lowest BCUT2D eigenvalue weighted by Crippen LogP contribution is -2.14. The Morgan fingerprint density at radius 1 is 1.44 bits per heavy atom. The van der Waals surface area contributed by atoms with Crippen molar-refractivity contribution in [1.82, 2.24) is 4.98 Å². The maximum Gasteiger partial charge on any atom is 0.226 e. The number of hydrogen-bond acceptors (Lipinski definition) is 3. The number of carbonyl (C=O) groups excluding carboxylic acids is 1. The molecule has 0 aliphatic heterocycles. The number of rotatable bonds is 5. The van der Waals surface area contributed by atoms with Crippen LogP contribution in [0.15, 0.2) is 6.20 Å². The molecule has 0 bridgehead atoms. The van der Waals surface area contributed by atoms with E-state index in [1.54, 1.807) is 11.3 Å². The molecule has 1 aliphatic carbocycles. The van der Waals surface area contributed by atoms with E-state index in [1.807, 2.05) is 6.20 Å². The number of aryl methyl sites for hydroxylation is 1. The van der Waals surface area contributed by atoms with Crippen LogP contribution in [0.2, 0.25) is 0 Å². The van der Waals surface area contributed by atoms with E-state index < -0.39 is 0 Å². The molecule has 18 heavy (non-hydrogen) atoms. The van der Waals surface area contributed by atoms with Gasteiger partial charge < -0.3 is 5.32 Å². The molecule has 1 aromatic heterocycles. The van der Waals surface area contributed by atoms with Gasteiger partial charge in [-0.1, -0.05) is 39.0 Å². The Hall–Kier alpha value is -0.900. The van der Waals surface area contributed by atoms with Crippen molar-refractivity contribution < 1.29 is 4.79 Å². The molecule has 2 rings (SSSR count). The molecule has 3 nitrogen and oxygen atoms in total. The lowest BCUT2D eigenvalue weighted by Gasteiger charge is -2.20. The van der Waals surface area contributed by atoms with Crippen molar-refractivity contribution >= 4 is 22.4 Å². The van der Waals surface area contributed by atoms with Gasteiger partial charge in [-0.25, -0.2) is 4.98 Å². The third-order valence-corrected chi connectivity index (χ3v) is 4.71. The van der Waals surface area contributed by atoms with E-state index in [2.05, 4.69) is 17.2 Å². The van der Waals surface area contributed by atoms with Crippen LogP contribution in [0.25, 0.3) is 0 Å². The predicted octanol–water partition coefficient (Wildman–Crippen LogP) is 4.00. The summed E-state index contributed by atoms with van der Waals surface area (Å²) >= 11 is 1.58. The molecule has 1 amide bonds. The fourth-order valence-corrected chi connectivity index (χ4v) is 3.29. The second kappa shape index (κ2) is 6.88. The smallest absolute Gasteiger partial charge is 0.226 e. The number of amides is 1. The van der Waals surface area contributed by atoms with E-state index in [4.69, 9.17) is 0 Å². The molecule has 4 heteroatoms. The average Bonchev–Trinajstić information content (AvgIpc) is 2.85. The lowest BCUT2D eigenvalue weighted by molar-refractivity contribution is -0.116. The van der Waals surface area contributed by atoms with Gasteiger partial charge in [0.1, 0.15) is 0 Å². The highest BCUT2D eigenvalue weighted by Gasteiger charge is 2.15. The third-order valence-electron chi connectivity index (χ3n) is 3.65. The van der Waals surface area contributed by atoms with Gasteiger partial charge in [-0.15, -0.1) is 11.3 Å². The summed E-state index contributed by atoms with van der Waals surface area (Å²) in [5, 5.41) is 3.66. The van der Waals surface area contributed by atoms with Gasteiger partial charge in [0.25, 0.3) is 0 Å². The molecular weight excluding hydrogens is 244 g/mol. The Morgan fingerprint density at radius 2 is 2.22 bits per heavy atom. The monoisotopic (exact) mass is 266 g/mol. The topological polar surface area (TPSA) is 42.0 Å². The maximum atomic E-state index is 11.8. The number of thiazole rings is 1. The van der Waals surface area contributed by atoms with E-state index in [0.29, 0.717) is 6.42 Å². The molecule has 1 heterocycles. The molecule has 1 aliphatic rings. The van der Waals surface area contributed by atoms with E-state index in [0.717, 1.165) is 23.9 Å². The van der Waals surface area contributed by atoms with Gasteiger partial charge in [0.2, 0.25) is 5.91 Å². The average molecular weight is 266 g/mol. The number of aromatic nitrogens is 1. The van der Waals surface area contributed by atoms with Crippen molar-refractivity contribution in [1.29, 1.82) is 0 Å². The molecule has 1 N–H and O–H groups in total. The van der Waals surface area contributed by atoms with Crippen LogP contribution >= 0.6 is 11.3 Å². The number of carbonyl (C=O) groups is 1. The Kier molecular flexibility index (Phi) is 5.17. The molecule has 0 radical (unpaired) electrons. The van der Waals surface area contributed by atoms with Gasteiger partial charge in [-0.2, -0.15) is 0 Å². The molecule has 0 atom stereocenters. The van der Waals surface area contributed by atoms with Crippen LogP contribution in [-0.2, 0) is 11.2 Å². The van der Waals surface area contributed by atoms with Crippen molar-refractivity contribution in [3.05, 3.63) is 11.1 Å². The van der Waals surface area contributed by atoms with Crippen molar-refractivity contribution in [2.45, 2.75) is 58.3 Å². The van der Waals surface area contributed by atoms with Gasteiger partial charge in [0, 0.05) is 17.5 Å². The normalized spacial score (nSPS) is 16.7. The minimum Gasteiger partial charge on any atom is -0.302 e. The van der Waals surface area contributed by atoms with Gasteiger partial charge in [0.05, 0.1) is 0 Å². The molecule has 1 aromatic rings. The molecule has 1 fully saturated rings. The van der Waals surface area contributed by atoms with Gasteiger partial charge in [-0.05, 0) is 18.8 Å². The summed E-state index contributed by atoms with van der Waals surface area (Å²) in [6.07, 6.45) is 11.2. The van der Waals surface area contributed by atoms with Crippen molar-refractivity contribution in [3.63, 3.8) is 0 Å². The Bertz CT molecular complexity index is 383. The first kappa shape index (κ1) is 13.5. The minimum absolute atomic E-state index is 0.123. The number of hydrogen-bond donors (Lipinski definition) is 1. The van der Waals surface area contributed by atoms with Crippen LogP contribution < -0.4 is 5.32 Å². The first-order chi connectivity index (χ1) is 8.78. The van der Waals surface area contributed by atoms with E-state index >= 15 is 0 Å². The van der Waals surface area contributed by atoms with Gasteiger partial charge >= 0.3 is 0 Å². The molecule has 0 spiro atoms. The number of nitrogens with one attached hydrogen (secondary N) is 1. The molecule has 0 aromatic carbocycles. The Balaban J connectivity index is 1.71. The summed E-state index contributed by atoms with van der Waals surface area (Å²) < 4.78 is 0. The van der Waals surface area contributed by atoms with Crippen LogP contribution in [0.3, 0.4) is 0 Å². The van der Waals surface area contributed by atoms with Crippen LogP contribution in [0.1, 0.15) is 56.7 Å². The predicted molar refractivity (Wildman–Crippen MR) is 75.9 cm³/mol. The van der Waals surface area contributed by atoms with Crippen molar-refractivity contribution in [2.75, 3.05) is 5.32 Å².